The lowest BCUT2D eigenvalue weighted by Gasteiger charge is -2.16. The van der Waals surface area contributed by atoms with Crippen molar-refractivity contribution in [3.05, 3.63) is 94.3 Å². The summed E-state index contributed by atoms with van der Waals surface area (Å²) in [6.45, 7) is 0. The van der Waals surface area contributed by atoms with Crippen molar-refractivity contribution >= 4 is 34.4 Å². The molecule has 4 nitrogen and oxygen atoms in total. The summed E-state index contributed by atoms with van der Waals surface area (Å²) in [7, 11) is 0. The zero-order valence-electron chi connectivity index (χ0n) is 14.4. The first-order chi connectivity index (χ1) is 13.6. The third-order valence-electron chi connectivity index (χ3n) is 4.69. The van der Waals surface area contributed by atoms with Crippen molar-refractivity contribution in [3.8, 4) is 0 Å². The Kier molecular flexibility index (Phi) is 3.87. The number of fused-ring (bicyclic) bond motifs is 3. The molecule has 28 heavy (non-hydrogen) atoms. The average Bonchev–Trinajstić information content (AvgIpc) is 3.12. The Hall–Kier alpha value is -3.25. The van der Waals surface area contributed by atoms with Crippen LogP contribution in [0.3, 0.4) is 0 Å². The van der Waals surface area contributed by atoms with Crippen LogP contribution in [0.1, 0.15) is 37.4 Å². The van der Waals surface area contributed by atoms with Gasteiger partial charge in [-0.2, -0.15) is 0 Å². The highest BCUT2D eigenvalue weighted by atomic mass is 32.2. The second-order valence-electron chi connectivity index (χ2n) is 6.46. The number of benzene rings is 3. The molecule has 0 unspecified atom stereocenters. The van der Waals surface area contributed by atoms with Crippen LogP contribution in [0.2, 0.25) is 0 Å². The zero-order valence-corrected chi connectivity index (χ0v) is 15.3. The van der Waals surface area contributed by atoms with Gasteiger partial charge in [0.15, 0.2) is 17.1 Å². The molecular formula is C22H12FNO3S. The minimum absolute atomic E-state index is 0.185. The van der Waals surface area contributed by atoms with Crippen molar-refractivity contribution in [3.63, 3.8) is 0 Å². The summed E-state index contributed by atoms with van der Waals surface area (Å²) in [5, 5.41) is 0.430. The number of halogens is 1. The molecule has 3 aromatic carbocycles. The van der Waals surface area contributed by atoms with Gasteiger partial charge in [0.2, 0.25) is 0 Å². The van der Waals surface area contributed by atoms with Crippen LogP contribution >= 0.6 is 11.8 Å². The van der Waals surface area contributed by atoms with Crippen LogP contribution in [0.4, 0.5) is 4.39 Å². The standard InChI is InChI=1S/C22H12FNO3S/c23-13-7-5-12(6-8-13)11-28-22-24-18-9-16-17(10-19(18)27-22)21(26)15-4-2-1-3-14(15)20(16)25/h1-10H,11H2. The van der Waals surface area contributed by atoms with Gasteiger partial charge < -0.3 is 4.42 Å². The van der Waals surface area contributed by atoms with Crippen LogP contribution in [-0.2, 0) is 5.75 Å². The molecule has 0 spiro atoms. The van der Waals surface area contributed by atoms with Gasteiger partial charge in [0, 0.05) is 28.0 Å². The molecule has 6 heteroatoms. The molecule has 0 radical (unpaired) electrons. The molecule has 0 fully saturated rings. The van der Waals surface area contributed by atoms with Crippen molar-refractivity contribution in [1.29, 1.82) is 0 Å². The number of thioether (sulfide) groups is 1. The molecule has 0 amide bonds. The number of hydrogen-bond acceptors (Lipinski definition) is 5. The first-order valence-corrected chi connectivity index (χ1v) is 9.59. The van der Waals surface area contributed by atoms with E-state index in [4.69, 9.17) is 4.42 Å². The van der Waals surface area contributed by atoms with Crippen molar-refractivity contribution in [2.45, 2.75) is 11.0 Å². The maximum atomic E-state index is 13.0. The summed E-state index contributed by atoms with van der Waals surface area (Å²) < 4.78 is 18.8. The molecule has 0 saturated heterocycles. The predicted molar refractivity (Wildman–Crippen MR) is 103 cm³/mol. The number of aromatic nitrogens is 1. The number of ketones is 2. The minimum atomic E-state index is -0.281. The first kappa shape index (κ1) is 16.9. The van der Waals surface area contributed by atoms with Crippen molar-refractivity contribution in [2.75, 3.05) is 0 Å². The van der Waals surface area contributed by atoms with Gasteiger partial charge in [0.1, 0.15) is 11.3 Å². The molecule has 1 aliphatic carbocycles. The Morgan fingerprint density at radius 3 is 2.18 bits per heavy atom. The molecule has 0 atom stereocenters. The number of hydrogen-bond donors (Lipinski definition) is 0. The van der Waals surface area contributed by atoms with Gasteiger partial charge in [0.25, 0.3) is 5.22 Å². The SMILES string of the molecule is O=C1c2ccccc2C(=O)c2cc3oc(SCc4ccc(F)cc4)nc3cc21. The Bertz CT molecular complexity index is 1190. The highest BCUT2D eigenvalue weighted by Gasteiger charge is 2.30. The molecule has 1 aliphatic rings. The minimum Gasteiger partial charge on any atom is -0.431 e. The van der Waals surface area contributed by atoms with Gasteiger partial charge in [-0.05, 0) is 29.8 Å². The third kappa shape index (κ3) is 2.73. The van der Waals surface area contributed by atoms with Crippen LogP contribution < -0.4 is 0 Å². The third-order valence-corrected chi connectivity index (χ3v) is 5.59. The molecule has 4 aromatic rings. The van der Waals surface area contributed by atoms with Gasteiger partial charge in [-0.3, -0.25) is 9.59 Å². The van der Waals surface area contributed by atoms with Crippen molar-refractivity contribution in [2.24, 2.45) is 0 Å². The molecule has 1 heterocycles. The van der Waals surface area contributed by atoms with Crippen LogP contribution in [0.5, 0.6) is 0 Å². The molecule has 1 aromatic heterocycles. The average molecular weight is 389 g/mol. The fraction of sp³-hybridized carbons (Fsp3) is 0.0455. The second-order valence-corrected chi connectivity index (χ2v) is 7.39. The lowest BCUT2D eigenvalue weighted by atomic mass is 9.84. The van der Waals surface area contributed by atoms with Crippen molar-refractivity contribution < 1.29 is 18.4 Å². The topological polar surface area (TPSA) is 60.2 Å². The van der Waals surface area contributed by atoms with E-state index in [1.807, 2.05) is 0 Å². The van der Waals surface area contributed by atoms with E-state index in [2.05, 4.69) is 4.98 Å². The molecule has 0 N–H and O–H groups in total. The largest absolute Gasteiger partial charge is 0.431 e. The van der Waals surface area contributed by atoms with E-state index in [1.54, 1.807) is 48.5 Å². The number of rotatable bonds is 3. The predicted octanol–water partition coefficient (Wildman–Crippen LogP) is 5.03. The highest BCUT2D eigenvalue weighted by Crippen LogP contribution is 2.33. The van der Waals surface area contributed by atoms with Crippen molar-refractivity contribution in [1.82, 2.24) is 4.98 Å². The van der Waals surface area contributed by atoms with Gasteiger partial charge in [-0.1, -0.05) is 48.2 Å². The van der Waals surface area contributed by atoms with E-state index in [0.717, 1.165) is 5.56 Å². The van der Waals surface area contributed by atoms with Crippen LogP contribution in [-0.4, -0.2) is 16.6 Å². The lowest BCUT2D eigenvalue weighted by molar-refractivity contribution is 0.0979. The summed E-state index contributed by atoms with van der Waals surface area (Å²) in [4.78, 5) is 30.0. The summed E-state index contributed by atoms with van der Waals surface area (Å²) in [5.41, 5.74) is 3.43. The van der Waals surface area contributed by atoms with E-state index in [1.165, 1.54) is 23.9 Å². The molecule has 0 saturated carbocycles. The van der Waals surface area contributed by atoms with Gasteiger partial charge in [-0.15, -0.1) is 0 Å². The van der Waals surface area contributed by atoms with E-state index in [9.17, 15) is 14.0 Å². The molecule has 5 rings (SSSR count). The number of carbonyl (C=O) groups excluding carboxylic acids is 2. The zero-order chi connectivity index (χ0) is 19.3. The number of oxazole rings is 1. The molecule has 136 valence electrons. The Morgan fingerprint density at radius 2 is 1.50 bits per heavy atom. The quantitative estimate of drug-likeness (QED) is 0.405. The second kappa shape index (κ2) is 6.42. The van der Waals surface area contributed by atoms with Gasteiger partial charge >= 0.3 is 0 Å². The van der Waals surface area contributed by atoms with E-state index >= 15 is 0 Å². The number of nitrogens with zero attached hydrogens (tertiary/aromatic N) is 1. The Balaban J connectivity index is 1.50. The van der Waals surface area contributed by atoms with Gasteiger partial charge in [0.05, 0.1) is 0 Å². The fourth-order valence-electron chi connectivity index (χ4n) is 3.29. The highest BCUT2D eigenvalue weighted by molar-refractivity contribution is 7.98. The monoisotopic (exact) mass is 389 g/mol. The first-order valence-electron chi connectivity index (χ1n) is 8.60. The molecule has 0 bridgehead atoms. The lowest BCUT2D eigenvalue weighted by Crippen LogP contribution is -2.20. The summed E-state index contributed by atoms with van der Waals surface area (Å²) in [5.74, 6) is -0.0907. The maximum absolute atomic E-state index is 13.0. The van der Waals surface area contributed by atoms with Gasteiger partial charge in [-0.25, -0.2) is 9.37 Å². The maximum Gasteiger partial charge on any atom is 0.257 e. The molecular weight excluding hydrogens is 377 g/mol. The van der Waals surface area contributed by atoms with Crippen LogP contribution in [0.15, 0.2) is 70.3 Å². The molecule has 0 aliphatic heterocycles. The van der Waals surface area contributed by atoms with E-state index < -0.39 is 0 Å². The summed E-state index contributed by atoms with van der Waals surface area (Å²) >= 11 is 1.37. The number of carbonyl (C=O) groups is 2. The Morgan fingerprint density at radius 1 is 0.857 bits per heavy atom. The van der Waals surface area contributed by atoms with Crippen LogP contribution in [0.25, 0.3) is 11.1 Å². The van der Waals surface area contributed by atoms with E-state index in [-0.39, 0.29) is 17.4 Å². The Labute approximate surface area is 163 Å². The van der Waals surface area contributed by atoms with Crippen LogP contribution in [0, 0.1) is 5.82 Å². The summed E-state index contributed by atoms with van der Waals surface area (Å²) in [6, 6.07) is 16.2. The van der Waals surface area contributed by atoms with E-state index in [0.29, 0.717) is 44.3 Å². The fourth-order valence-corrected chi connectivity index (χ4v) is 4.08. The summed E-state index contributed by atoms with van der Waals surface area (Å²) in [6.07, 6.45) is 0. The smallest absolute Gasteiger partial charge is 0.257 e. The normalized spacial score (nSPS) is 12.9.